The van der Waals surface area contributed by atoms with Crippen LogP contribution in [0.1, 0.15) is 5.56 Å². The van der Waals surface area contributed by atoms with Gasteiger partial charge in [-0.3, -0.25) is 5.32 Å². The Balaban J connectivity index is 3.30. The average molecular weight is 221 g/mol. The van der Waals surface area contributed by atoms with E-state index in [0.29, 0.717) is 0 Å². The summed E-state index contributed by atoms with van der Waals surface area (Å²) in [6.07, 6.45) is -3.12. The highest BCUT2D eigenvalue weighted by atomic mass is 35.5. The number of nitrogens with zero attached hydrogens (tertiary/aromatic N) is 1. The summed E-state index contributed by atoms with van der Waals surface area (Å²) < 4.78 is 37.0. The maximum absolute atomic E-state index is 12.3. The highest BCUT2D eigenvalue weighted by Gasteiger charge is 2.34. The summed E-state index contributed by atoms with van der Waals surface area (Å²) in [5.74, 6) is 0. The highest BCUT2D eigenvalue weighted by molar-refractivity contribution is 6.33. The third kappa shape index (κ3) is 2.09. The minimum Gasteiger partial charge on any atom is -0.291 e. The molecule has 0 amide bonds. The first kappa shape index (κ1) is 10.7. The Morgan fingerprint density at radius 3 is 2.50 bits per heavy atom. The summed E-state index contributed by atoms with van der Waals surface area (Å²) >= 11 is 5.50. The number of halogens is 4. The zero-order chi connectivity index (χ0) is 10.8. The Kier molecular flexibility index (Phi) is 2.87. The molecular weight excluding hydrogens is 217 g/mol. The standard InChI is InChI=1S/C8H4ClF3N2/c9-6-3-1-2-5(8(10,11)12)7(6)14-4-13/h1-3,14H. The van der Waals surface area contributed by atoms with E-state index < -0.39 is 17.4 Å². The van der Waals surface area contributed by atoms with Gasteiger partial charge in [0, 0.05) is 0 Å². The Bertz CT molecular complexity index is 381. The molecule has 0 spiro atoms. The highest BCUT2D eigenvalue weighted by Crippen LogP contribution is 2.38. The van der Waals surface area contributed by atoms with Gasteiger partial charge in [-0.1, -0.05) is 17.7 Å². The molecule has 0 radical (unpaired) electrons. The van der Waals surface area contributed by atoms with E-state index in [9.17, 15) is 13.2 Å². The van der Waals surface area contributed by atoms with E-state index in [0.717, 1.165) is 6.07 Å². The molecule has 0 aliphatic rings. The maximum Gasteiger partial charge on any atom is 0.418 e. The molecule has 14 heavy (non-hydrogen) atoms. The first-order valence-electron chi connectivity index (χ1n) is 3.47. The number of hydrogen-bond acceptors (Lipinski definition) is 2. The van der Waals surface area contributed by atoms with E-state index in [2.05, 4.69) is 0 Å². The molecule has 2 nitrogen and oxygen atoms in total. The average Bonchev–Trinajstić information content (AvgIpc) is 2.07. The summed E-state index contributed by atoms with van der Waals surface area (Å²) in [6.45, 7) is 0. The molecule has 1 aromatic carbocycles. The molecule has 0 unspecified atom stereocenters. The zero-order valence-corrected chi connectivity index (χ0v) is 7.45. The quantitative estimate of drug-likeness (QED) is 0.583. The van der Waals surface area contributed by atoms with Gasteiger partial charge in [-0.25, -0.2) is 0 Å². The van der Waals surface area contributed by atoms with Crippen molar-refractivity contribution < 1.29 is 13.2 Å². The van der Waals surface area contributed by atoms with Gasteiger partial charge >= 0.3 is 6.18 Å². The Morgan fingerprint density at radius 2 is 2.00 bits per heavy atom. The van der Waals surface area contributed by atoms with Crippen molar-refractivity contribution in [2.24, 2.45) is 0 Å². The lowest BCUT2D eigenvalue weighted by atomic mass is 10.1. The second-order valence-electron chi connectivity index (χ2n) is 2.40. The molecule has 1 N–H and O–H groups in total. The molecule has 0 aliphatic heterocycles. The SMILES string of the molecule is N#CNc1c(Cl)cccc1C(F)(F)F. The van der Waals surface area contributed by atoms with Crippen molar-refractivity contribution in [3.63, 3.8) is 0 Å². The molecule has 0 bridgehead atoms. The van der Waals surface area contributed by atoms with E-state index in [1.165, 1.54) is 18.3 Å². The molecule has 1 rings (SSSR count). The predicted molar refractivity (Wildman–Crippen MR) is 45.7 cm³/mol. The Hall–Kier alpha value is -1.41. The number of anilines is 1. The van der Waals surface area contributed by atoms with Crippen molar-refractivity contribution in [1.82, 2.24) is 0 Å². The van der Waals surface area contributed by atoms with Crippen LogP contribution >= 0.6 is 11.6 Å². The molecular formula is C8H4ClF3N2. The topological polar surface area (TPSA) is 35.8 Å². The maximum atomic E-state index is 12.3. The van der Waals surface area contributed by atoms with E-state index in [1.54, 1.807) is 0 Å². The van der Waals surface area contributed by atoms with Crippen LogP contribution in [0.2, 0.25) is 5.02 Å². The lowest BCUT2D eigenvalue weighted by Gasteiger charge is -2.11. The van der Waals surface area contributed by atoms with Crippen LogP contribution in [0, 0.1) is 11.5 Å². The number of benzene rings is 1. The number of alkyl halides is 3. The van der Waals surface area contributed by atoms with Crippen LogP contribution in [-0.4, -0.2) is 0 Å². The van der Waals surface area contributed by atoms with Crippen LogP contribution < -0.4 is 5.32 Å². The third-order valence-corrected chi connectivity index (χ3v) is 1.81. The Labute approximate surface area is 82.9 Å². The van der Waals surface area contributed by atoms with Gasteiger partial charge in [0.25, 0.3) is 0 Å². The van der Waals surface area contributed by atoms with Gasteiger partial charge < -0.3 is 0 Å². The molecule has 0 aliphatic carbocycles. The van der Waals surface area contributed by atoms with Gasteiger partial charge in [0.05, 0.1) is 16.3 Å². The molecule has 0 saturated heterocycles. The molecule has 0 saturated carbocycles. The van der Waals surface area contributed by atoms with Crippen LogP contribution in [0.15, 0.2) is 18.2 Å². The van der Waals surface area contributed by atoms with Crippen molar-refractivity contribution in [1.29, 1.82) is 5.26 Å². The van der Waals surface area contributed by atoms with E-state index in [1.807, 2.05) is 5.32 Å². The predicted octanol–water partition coefficient (Wildman–Crippen LogP) is 3.25. The molecule has 1 aromatic rings. The molecule has 6 heteroatoms. The summed E-state index contributed by atoms with van der Waals surface area (Å²) in [5, 5.41) is 10.0. The van der Waals surface area contributed by atoms with Gasteiger partial charge in [-0.05, 0) is 12.1 Å². The fraction of sp³-hybridized carbons (Fsp3) is 0.125. The van der Waals surface area contributed by atoms with Crippen LogP contribution in [0.25, 0.3) is 0 Å². The lowest BCUT2D eigenvalue weighted by molar-refractivity contribution is -0.136. The van der Waals surface area contributed by atoms with Crippen molar-refractivity contribution in [3.05, 3.63) is 28.8 Å². The van der Waals surface area contributed by atoms with Gasteiger partial charge in [-0.2, -0.15) is 18.4 Å². The minimum absolute atomic E-state index is 0.138. The van der Waals surface area contributed by atoms with Crippen molar-refractivity contribution in [3.8, 4) is 6.19 Å². The number of rotatable bonds is 1. The summed E-state index contributed by atoms with van der Waals surface area (Å²) in [7, 11) is 0. The lowest BCUT2D eigenvalue weighted by Crippen LogP contribution is -2.08. The largest absolute Gasteiger partial charge is 0.418 e. The molecule has 74 valence electrons. The second kappa shape index (κ2) is 3.76. The number of hydrogen-bond donors (Lipinski definition) is 1. The summed E-state index contributed by atoms with van der Waals surface area (Å²) in [6, 6.07) is 3.30. The van der Waals surface area contributed by atoms with E-state index in [-0.39, 0.29) is 5.02 Å². The fourth-order valence-corrected chi connectivity index (χ4v) is 1.17. The first-order chi connectivity index (χ1) is 6.46. The van der Waals surface area contributed by atoms with Crippen LogP contribution in [0.3, 0.4) is 0 Å². The van der Waals surface area contributed by atoms with Crippen molar-refractivity contribution in [2.75, 3.05) is 5.32 Å². The van der Waals surface area contributed by atoms with Gasteiger partial charge in [0.2, 0.25) is 0 Å². The third-order valence-electron chi connectivity index (χ3n) is 1.50. The van der Waals surface area contributed by atoms with Crippen LogP contribution in [0.4, 0.5) is 18.9 Å². The van der Waals surface area contributed by atoms with E-state index in [4.69, 9.17) is 16.9 Å². The minimum atomic E-state index is -4.52. The van der Waals surface area contributed by atoms with Crippen molar-refractivity contribution in [2.45, 2.75) is 6.18 Å². The number of nitrogens with one attached hydrogen (secondary N) is 1. The fourth-order valence-electron chi connectivity index (χ4n) is 0.943. The number of nitriles is 1. The Morgan fingerprint density at radius 1 is 1.36 bits per heavy atom. The van der Waals surface area contributed by atoms with Gasteiger partial charge in [0.1, 0.15) is 0 Å². The van der Waals surface area contributed by atoms with Crippen LogP contribution in [-0.2, 0) is 6.18 Å². The van der Waals surface area contributed by atoms with Gasteiger partial charge in [0.15, 0.2) is 6.19 Å². The molecule has 0 fully saturated rings. The molecule has 0 heterocycles. The smallest absolute Gasteiger partial charge is 0.291 e. The molecule has 0 aromatic heterocycles. The zero-order valence-electron chi connectivity index (χ0n) is 6.69. The van der Waals surface area contributed by atoms with Crippen molar-refractivity contribution >= 4 is 17.3 Å². The van der Waals surface area contributed by atoms with E-state index >= 15 is 0 Å². The number of para-hydroxylation sites is 1. The summed E-state index contributed by atoms with van der Waals surface area (Å²) in [5.41, 5.74) is -1.37. The van der Waals surface area contributed by atoms with Crippen LogP contribution in [0.5, 0.6) is 0 Å². The van der Waals surface area contributed by atoms with Gasteiger partial charge in [-0.15, -0.1) is 0 Å². The normalized spacial score (nSPS) is 10.8. The molecule has 0 atom stereocenters. The first-order valence-corrected chi connectivity index (χ1v) is 3.85. The second-order valence-corrected chi connectivity index (χ2v) is 2.80. The monoisotopic (exact) mass is 220 g/mol. The summed E-state index contributed by atoms with van der Waals surface area (Å²) in [4.78, 5) is 0.